The number of ether oxygens (including phenoxy) is 2. The van der Waals surface area contributed by atoms with Crippen molar-refractivity contribution in [2.24, 2.45) is 0 Å². The molecule has 0 N–H and O–H groups in total. The molecule has 9 heteroatoms. The fourth-order valence-corrected chi connectivity index (χ4v) is 5.04. The highest BCUT2D eigenvalue weighted by molar-refractivity contribution is 7.89. The third-order valence-corrected chi connectivity index (χ3v) is 7.45. The van der Waals surface area contributed by atoms with Crippen molar-refractivity contribution in [2.45, 2.75) is 25.3 Å². The third kappa shape index (κ3) is 4.32. The molecule has 3 aromatic rings. The second-order valence-corrected chi connectivity index (χ2v) is 9.53. The number of carbonyl (C=O) groups is 1. The monoisotopic (exact) mass is 457 g/mol. The normalized spacial score (nSPS) is 15.1. The summed E-state index contributed by atoms with van der Waals surface area (Å²) in [4.78, 5) is 24.7. The van der Waals surface area contributed by atoms with Gasteiger partial charge in [-0.25, -0.2) is 18.0 Å². The van der Waals surface area contributed by atoms with Gasteiger partial charge in [0, 0.05) is 30.1 Å². The average Bonchev–Trinajstić information content (AvgIpc) is 2.80. The van der Waals surface area contributed by atoms with Gasteiger partial charge in [-0.2, -0.15) is 4.31 Å². The summed E-state index contributed by atoms with van der Waals surface area (Å²) in [6.07, 6.45) is 0. The van der Waals surface area contributed by atoms with Crippen molar-refractivity contribution in [3.05, 3.63) is 75.1 Å². The maximum Gasteiger partial charge on any atom is 0.338 e. The molecule has 0 radical (unpaired) electrons. The molecule has 1 aromatic heterocycles. The van der Waals surface area contributed by atoms with Gasteiger partial charge in [0.05, 0.1) is 23.7 Å². The van der Waals surface area contributed by atoms with Crippen molar-refractivity contribution in [3.63, 3.8) is 0 Å². The van der Waals surface area contributed by atoms with Crippen LogP contribution in [0.25, 0.3) is 11.0 Å². The van der Waals surface area contributed by atoms with E-state index < -0.39 is 21.6 Å². The van der Waals surface area contributed by atoms with Crippen molar-refractivity contribution in [3.8, 4) is 0 Å². The number of carbonyl (C=O) groups excluding carboxylic acids is 1. The molecule has 0 amide bonds. The summed E-state index contributed by atoms with van der Waals surface area (Å²) in [5.41, 5.74) is 2.38. The van der Waals surface area contributed by atoms with E-state index >= 15 is 0 Å². The van der Waals surface area contributed by atoms with Crippen molar-refractivity contribution in [2.75, 3.05) is 26.3 Å². The fourth-order valence-electron chi connectivity index (χ4n) is 3.59. The lowest BCUT2D eigenvalue weighted by molar-refractivity contribution is 0.0473. The van der Waals surface area contributed by atoms with Crippen molar-refractivity contribution >= 4 is 27.0 Å². The van der Waals surface area contributed by atoms with Gasteiger partial charge in [0.2, 0.25) is 10.0 Å². The van der Waals surface area contributed by atoms with Crippen LogP contribution in [-0.4, -0.2) is 45.0 Å². The zero-order valence-corrected chi connectivity index (χ0v) is 18.6. The van der Waals surface area contributed by atoms with Gasteiger partial charge in [-0.1, -0.05) is 18.2 Å². The SMILES string of the molecule is Cc1ccc2c(COC(=O)c3cccc(S(=O)(=O)N4CCOCC4)c3)cc(=O)oc2c1C. The Kier molecular flexibility index (Phi) is 6.14. The van der Waals surface area contributed by atoms with Gasteiger partial charge in [-0.05, 0) is 43.2 Å². The molecule has 2 heterocycles. The summed E-state index contributed by atoms with van der Waals surface area (Å²) in [7, 11) is -3.74. The summed E-state index contributed by atoms with van der Waals surface area (Å²) in [6, 6.07) is 10.8. The molecule has 0 bridgehead atoms. The molecule has 8 nitrogen and oxygen atoms in total. The van der Waals surface area contributed by atoms with Crippen LogP contribution in [-0.2, 0) is 26.1 Å². The quantitative estimate of drug-likeness (QED) is 0.429. The number of sulfonamides is 1. The minimum absolute atomic E-state index is 0.0192. The third-order valence-electron chi connectivity index (χ3n) is 5.55. The number of morpholine rings is 1. The minimum atomic E-state index is -3.74. The Morgan fingerprint density at radius 3 is 2.59 bits per heavy atom. The maximum absolute atomic E-state index is 12.9. The predicted molar refractivity (Wildman–Crippen MR) is 117 cm³/mol. The van der Waals surface area contributed by atoms with E-state index in [1.165, 1.54) is 34.6 Å². The molecule has 32 heavy (non-hydrogen) atoms. The molecule has 0 saturated carbocycles. The highest BCUT2D eigenvalue weighted by Crippen LogP contribution is 2.24. The molecular weight excluding hydrogens is 434 g/mol. The topological polar surface area (TPSA) is 103 Å². The molecule has 1 fully saturated rings. The highest BCUT2D eigenvalue weighted by Gasteiger charge is 2.27. The van der Waals surface area contributed by atoms with Crippen LogP contribution in [0.4, 0.5) is 0 Å². The molecule has 0 unspecified atom stereocenters. The van der Waals surface area contributed by atoms with Gasteiger partial charge in [-0.15, -0.1) is 0 Å². The molecule has 4 rings (SSSR count). The number of aryl methyl sites for hydroxylation is 2. The lowest BCUT2D eigenvalue weighted by Gasteiger charge is -2.26. The van der Waals surface area contributed by atoms with E-state index in [4.69, 9.17) is 13.9 Å². The second-order valence-electron chi connectivity index (χ2n) is 7.60. The van der Waals surface area contributed by atoms with Crippen LogP contribution in [0.2, 0.25) is 0 Å². The lowest BCUT2D eigenvalue weighted by Crippen LogP contribution is -2.40. The van der Waals surface area contributed by atoms with Crippen LogP contribution in [0.5, 0.6) is 0 Å². The van der Waals surface area contributed by atoms with Crippen LogP contribution >= 0.6 is 0 Å². The molecule has 0 aliphatic carbocycles. The average molecular weight is 458 g/mol. The molecular formula is C23H23NO7S. The first-order chi connectivity index (χ1) is 15.3. The maximum atomic E-state index is 12.9. The lowest BCUT2D eigenvalue weighted by atomic mass is 10.0. The van der Waals surface area contributed by atoms with E-state index in [0.29, 0.717) is 29.7 Å². The number of fused-ring (bicyclic) bond motifs is 1. The Morgan fingerprint density at radius 1 is 1.09 bits per heavy atom. The van der Waals surface area contributed by atoms with E-state index in [2.05, 4.69) is 0 Å². The van der Waals surface area contributed by atoms with Crippen LogP contribution < -0.4 is 5.63 Å². The Hall–Kier alpha value is -3.01. The van der Waals surface area contributed by atoms with Gasteiger partial charge in [0.25, 0.3) is 0 Å². The summed E-state index contributed by atoms with van der Waals surface area (Å²) in [5.74, 6) is -0.686. The van der Waals surface area contributed by atoms with Gasteiger partial charge < -0.3 is 13.9 Å². The van der Waals surface area contributed by atoms with Crippen LogP contribution in [0.15, 0.2) is 56.6 Å². The number of esters is 1. The zero-order chi connectivity index (χ0) is 22.9. The number of hydrogen-bond acceptors (Lipinski definition) is 7. The smallest absolute Gasteiger partial charge is 0.338 e. The molecule has 2 aromatic carbocycles. The number of benzene rings is 2. The summed E-state index contributed by atoms with van der Waals surface area (Å²) in [5, 5.41) is 0.684. The Balaban J connectivity index is 1.56. The Labute approximate surface area is 185 Å². The number of hydrogen-bond donors (Lipinski definition) is 0. The predicted octanol–water partition coefficient (Wildman–Crippen LogP) is 2.79. The molecule has 1 saturated heterocycles. The zero-order valence-electron chi connectivity index (χ0n) is 17.8. The van der Waals surface area contributed by atoms with Crippen LogP contribution in [0.1, 0.15) is 27.0 Å². The van der Waals surface area contributed by atoms with Crippen LogP contribution in [0, 0.1) is 13.8 Å². The summed E-state index contributed by atoms with van der Waals surface area (Å²) in [6.45, 7) is 4.82. The van der Waals surface area contributed by atoms with Crippen molar-refractivity contribution in [1.29, 1.82) is 0 Å². The number of nitrogens with zero attached hydrogens (tertiary/aromatic N) is 1. The minimum Gasteiger partial charge on any atom is -0.457 e. The first-order valence-electron chi connectivity index (χ1n) is 10.2. The fraction of sp³-hybridized carbons (Fsp3) is 0.304. The molecule has 168 valence electrons. The standard InChI is InChI=1S/C23H23NO7S/c1-15-6-7-20-18(13-21(25)31-22(20)16(15)2)14-30-23(26)17-4-3-5-19(12-17)32(27,28)24-8-10-29-11-9-24/h3-7,12-13H,8-11,14H2,1-2H3. The molecule has 1 aliphatic heterocycles. The largest absolute Gasteiger partial charge is 0.457 e. The second kappa shape index (κ2) is 8.85. The van der Waals surface area contributed by atoms with E-state index in [-0.39, 0.29) is 30.2 Å². The molecule has 1 aliphatic rings. The molecule has 0 atom stereocenters. The summed E-state index contributed by atoms with van der Waals surface area (Å²) >= 11 is 0. The number of rotatable bonds is 5. The molecule has 0 spiro atoms. The van der Waals surface area contributed by atoms with Gasteiger partial charge in [-0.3, -0.25) is 0 Å². The van der Waals surface area contributed by atoms with E-state index in [0.717, 1.165) is 11.1 Å². The Morgan fingerprint density at radius 2 is 1.84 bits per heavy atom. The van der Waals surface area contributed by atoms with E-state index in [9.17, 15) is 18.0 Å². The highest BCUT2D eigenvalue weighted by atomic mass is 32.2. The van der Waals surface area contributed by atoms with Gasteiger partial charge in [0.1, 0.15) is 12.2 Å². The Bertz CT molecular complexity index is 1340. The first kappa shape index (κ1) is 22.2. The van der Waals surface area contributed by atoms with Gasteiger partial charge >= 0.3 is 11.6 Å². The van der Waals surface area contributed by atoms with Crippen molar-refractivity contribution in [1.82, 2.24) is 4.31 Å². The van der Waals surface area contributed by atoms with Crippen molar-refractivity contribution < 1.29 is 27.1 Å². The summed E-state index contributed by atoms with van der Waals surface area (Å²) < 4.78 is 43.0. The van der Waals surface area contributed by atoms with E-state index in [1.807, 2.05) is 26.0 Å². The van der Waals surface area contributed by atoms with Gasteiger partial charge in [0.15, 0.2) is 0 Å². The first-order valence-corrected chi connectivity index (χ1v) is 11.6. The van der Waals surface area contributed by atoms with Crippen LogP contribution in [0.3, 0.4) is 0 Å². The van der Waals surface area contributed by atoms with E-state index in [1.54, 1.807) is 0 Å².